The molecule has 0 aliphatic carbocycles. The van der Waals surface area contributed by atoms with Gasteiger partial charge in [0, 0.05) is 17.5 Å². The monoisotopic (exact) mass is 258 g/mol. The third kappa shape index (κ3) is 2.56. The van der Waals surface area contributed by atoms with Gasteiger partial charge in [0.15, 0.2) is 0 Å². The number of carbonyl (C=O) groups excluding carboxylic acids is 1. The summed E-state index contributed by atoms with van der Waals surface area (Å²) in [6.45, 7) is 4.74. The third-order valence-corrected chi connectivity index (χ3v) is 3.78. The SMILES string of the molecule is CCC(CC)C(=O)n1cc(CCN)c2ccccc21. The van der Waals surface area contributed by atoms with E-state index in [1.807, 2.05) is 29.0 Å². The smallest absolute Gasteiger partial charge is 0.234 e. The van der Waals surface area contributed by atoms with E-state index >= 15 is 0 Å². The summed E-state index contributed by atoms with van der Waals surface area (Å²) in [6.07, 6.45) is 4.55. The van der Waals surface area contributed by atoms with Crippen LogP contribution in [0.1, 0.15) is 37.0 Å². The lowest BCUT2D eigenvalue weighted by Crippen LogP contribution is -2.19. The zero-order valence-corrected chi connectivity index (χ0v) is 11.7. The molecule has 2 aromatic rings. The van der Waals surface area contributed by atoms with E-state index in [9.17, 15) is 4.79 Å². The Morgan fingerprint density at radius 3 is 2.58 bits per heavy atom. The van der Waals surface area contributed by atoms with Crippen molar-refractivity contribution < 1.29 is 4.79 Å². The molecule has 0 atom stereocenters. The minimum absolute atomic E-state index is 0.0986. The largest absolute Gasteiger partial charge is 0.330 e. The number of carbonyl (C=O) groups is 1. The average Bonchev–Trinajstić information content (AvgIpc) is 2.80. The van der Waals surface area contributed by atoms with Gasteiger partial charge in [-0.2, -0.15) is 0 Å². The molecule has 0 radical (unpaired) electrons. The summed E-state index contributed by atoms with van der Waals surface area (Å²) in [5.74, 6) is 0.297. The highest BCUT2D eigenvalue weighted by Crippen LogP contribution is 2.24. The van der Waals surface area contributed by atoms with Crippen LogP contribution < -0.4 is 5.73 Å². The van der Waals surface area contributed by atoms with Gasteiger partial charge in [-0.25, -0.2) is 0 Å². The van der Waals surface area contributed by atoms with Crippen molar-refractivity contribution in [3.63, 3.8) is 0 Å². The minimum Gasteiger partial charge on any atom is -0.330 e. The lowest BCUT2D eigenvalue weighted by Gasteiger charge is -2.12. The summed E-state index contributed by atoms with van der Waals surface area (Å²) in [7, 11) is 0. The molecular weight excluding hydrogens is 236 g/mol. The molecule has 0 spiro atoms. The topological polar surface area (TPSA) is 48.0 Å². The van der Waals surface area contributed by atoms with Crippen molar-refractivity contribution in [1.29, 1.82) is 0 Å². The number of benzene rings is 1. The maximum absolute atomic E-state index is 12.6. The molecule has 1 heterocycles. The van der Waals surface area contributed by atoms with Crippen molar-refractivity contribution in [2.24, 2.45) is 11.7 Å². The van der Waals surface area contributed by atoms with Crippen LogP contribution in [0.4, 0.5) is 0 Å². The predicted molar refractivity (Wildman–Crippen MR) is 79.4 cm³/mol. The van der Waals surface area contributed by atoms with Crippen LogP contribution in [0.15, 0.2) is 30.5 Å². The molecule has 1 aromatic carbocycles. The summed E-state index contributed by atoms with van der Waals surface area (Å²) >= 11 is 0. The first-order chi connectivity index (χ1) is 9.22. The molecular formula is C16H22N2O. The van der Waals surface area contributed by atoms with Gasteiger partial charge in [0.05, 0.1) is 5.52 Å². The zero-order chi connectivity index (χ0) is 13.8. The molecule has 0 amide bonds. The second-order valence-corrected chi connectivity index (χ2v) is 4.93. The van der Waals surface area contributed by atoms with Crippen LogP contribution in [0.5, 0.6) is 0 Å². The quantitative estimate of drug-likeness (QED) is 0.895. The summed E-state index contributed by atoms with van der Waals surface area (Å²) in [4.78, 5) is 12.6. The van der Waals surface area contributed by atoms with Gasteiger partial charge in [0.25, 0.3) is 0 Å². The Morgan fingerprint density at radius 1 is 1.26 bits per heavy atom. The van der Waals surface area contributed by atoms with Gasteiger partial charge in [-0.3, -0.25) is 9.36 Å². The Hall–Kier alpha value is -1.61. The van der Waals surface area contributed by atoms with Gasteiger partial charge < -0.3 is 5.73 Å². The van der Waals surface area contributed by atoms with Crippen LogP contribution in [-0.4, -0.2) is 17.0 Å². The fourth-order valence-electron chi connectivity index (χ4n) is 2.62. The Labute approximate surface area is 114 Å². The lowest BCUT2D eigenvalue weighted by molar-refractivity contribution is 0.0832. The zero-order valence-electron chi connectivity index (χ0n) is 11.7. The third-order valence-electron chi connectivity index (χ3n) is 3.78. The van der Waals surface area contributed by atoms with Crippen LogP contribution in [-0.2, 0) is 6.42 Å². The summed E-state index contributed by atoms with van der Waals surface area (Å²) in [5.41, 5.74) is 7.82. The van der Waals surface area contributed by atoms with E-state index in [-0.39, 0.29) is 11.8 Å². The molecule has 3 nitrogen and oxygen atoms in total. The van der Waals surface area contributed by atoms with E-state index in [0.29, 0.717) is 6.54 Å². The van der Waals surface area contributed by atoms with Crippen molar-refractivity contribution in [3.05, 3.63) is 36.0 Å². The Morgan fingerprint density at radius 2 is 1.95 bits per heavy atom. The van der Waals surface area contributed by atoms with Gasteiger partial charge in [-0.1, -0.05) is 32.0 Å². The molecule has 3 heteroatoms. The Bertz CT molecular complexity index is 567. The fraction of sp³-hybridized carbons (Fsp3) is 0.438. The fourth-order valence-corrected chi connectivity index (χ4v) is 2.62. The summed E-state index contributed by atoms with van der Waals surface area (Å²) < 4.78 is 1.82. The number of para-hydroxylation sites is 1. The van der Waals surface area contributed by atoms with Gasteiger partial charge >= 0.3 is 0 Å². The molecule has 0 saturated heterocycles. The normalized spacial score (nSPS) is 11.4. The number of nitrogens with two attached hydrogens (primary N) is 1. The van der Waals surface area contributed by atoms with Crippen LogP contribution in [0.25, 0.3) is 10.9 Å². The van der Waals surface area contributed by atoms with Crippen molar-refractivity contribution in [2.45, 2.75) is 33.1 Å². The van der Waals surface area contributed by atoms with Crippen LogP contribution in [0.3, 0.4) is 0 Å². The minimum atomic E-state index is 0.0986. The van der Waals surface area contributed by atoms with E-state index in [1.54, 1.807) is 0 Å². The molecule has 2 rings (SSSR count). The van der Waals surface area contributed by atoms with E-state index in [2.05, 4.69) is 19.9 Å². The first-order valence-electron chi connectivity index (χ1n) is 7.06. The van der Waals surface area contributed by atoms with Crippen molar-refractivity contribution in [3.8, 4) is 0 Å². The Balaban J connectivity index is 2.51. The van der Waals surface area contributed by atoms with Gasteiger partial charge in [-0.05, 0) is 37.4 Å². The maximum Gasteiger partial charge on any atom is 0.234 e. The van der Waals surface area contributed by atoms with E-state index in [0.717, 1.165) is 35.7 Å². The Kier molecular flexibility index (Phi) is 4.38. The second kappa shape index (κ2) is 6.02. The van der Waals surface area contributed by atoms with E-state index in [4.69, 9.17) is 5.73 Å². The predicted octanol–water partition coefficient (Wildman–Crippen LogP) is 3.22. The van der Waals surface area contributed by atoms with Gasteiger partial charge in [0.2, 0.25) is 5.91 Å². The molecule has 0 aliphatic rings. The van der Waals surface area contributed by atoms with Crippen molar-refractivity contribution in [2.75, 3.05) is 6.54 Å². The molecule has 0 unspecified atom stereocenters. The number of hydrogen-bond donors (Lipinski definition) is 1. The average molecular weight is 258 g/mol. The molecule has 0 aliphatic heterocycles. The standard InChI is InChI=1S/C16H22N2O/c1-3-12(4-2)16(19)18-11-13(9-10-17)14-7-5-6-8-15(14)18/h5-8,11-12H,3-4,9-10,17H2,1-2H3. The summed E-state index contributed by atoms with van der Waals surface area (Å²) in [6, 6.07) is 8.06. The first kappa shape index (κ1) is 13.8. The van der Waals surface area contributed by atoms with Crippen molar-refractivity contribution in [1.82, 2.24) is 4.57 Å². The maximum atomic E-state index is 12.6. The number of nitrogens with zero attached hydrogens (tertiary/aromatic N) is 1. The molecule has 0 bridgehead atoms. The van der Waals surface area contributed by atoms with Gasteiger partial charge in [-0.15, -0.1) is 0 Å². The number of hydrogen-bond acceptors (Lipinski definition) is 2. The molecule has 0 fully saturated rings. The molecule has 1 aromatic heterocycles. The second-order valence-electron chi connectivity index (χ2n) is 4.93. The van der Waals surface area contributed by atoms with E-state index in [1.165, 1.54) is 0 Å². The molecule has 2 N–H and O–H groups in total. The molecule has 102 valence electrons. The molecule has 0 saturated carbocycles. The summed E-state index contributed by atoms with van der Waals surface area (Å²) in [5, 5.41) is 1.15. The number of rotatable bonds is 5. The van der Waals surface area contributed by atoms with Crippen molar-refractivity contribution >= 4 is 16.8 Å². The van der Waals surface area contributed by atoms with Crippen LogP contribution in [0.2, 0.25) is 0 Å². The highest BCUT2D eigenvalue weighted by Gasteiger charge is 2.19. The number of aromatic nitrogens is 1. The van der Waals surface area contributed by atoms with Crippen LogP contribution in [0, 0.1) is 5.92 Å². The van der Waals surface area contributed by atoms with E-state index < -0.39 is 0 Å². The molecule has 19 heavy (non-hydrogen) atoms. The number of fused-ring (bicyclic) bond motifs is 1. The first-order valence-corrected chi connectivity index (χ1v) is 7.06. The van der Waals surface area contributed by atoms with Crippen LogP contribution >= 0.6 is 0 Å². The highest BCUT2D eigenvalue weighted by molar-refractivity contribution is 5.95. The highest BCUT2D eigenvalue weighted by atomic mass is 16.2. The lowest BCUT2D eigenvalue weighted by atomic mass is 10.0. The van der Waals surface area contributed by atoms with Gasteiger partial charge in [0.1, 0.15) is 0 Å².